The smallest absolute Gasteiger partial charge is 0.242 e. The lowest BCUT2D eigenvalue weighted by molar-refractivity contribution is -0.144. The molecule has 2 aliphatic rings. The molecule has 0 aliphatic carbocycles. The Bertz CT molecular complexity index is 799. The van der Waals surface area contributed by atoms with Gasteiger partial charge in [-0.15, -0.1) is 0 Å². The molecule has 0 radical (unpaired) electrons. The molecule has 8 nitrogen and oxygen atoms in total. The van der Waals surface area contributed by atoms with Crippen molar-refractivity contribution in [2.75, 3.05) is 25.9 Å². The second-order valence-electron chi connectivity index (χ2n) is 7.33. The number of carbonyl (C=O) groups is 2. The number of nitrogens with one attached hydrogen (secondary N) is 2. The number of amides is 2. The number of rotatable bonds is 6. The van der Waals surface area contributed by atoms with Gasteiger partial charge in [0.1, 0.15) is 6.04 Å². The monoisotopic (exact) mass is 394 g/mol. The molecular weight excluding hydrogens is 368 g/mol. The van der Waals surface area contributed by atoms with E-state index in [4.69, 9.17) is 0 Å². The molecule has 2 aliphatic heterocycles. The van der Waals surface area contributed by atoms with Crippen molar-refractivity contribution in [2.45, 2.75) is 38.0 Å². The number of nitrogens with zero attached hydrogens (tertiary/aromatic N) is 2. The van der Waals surface area contributed by atoms with Crippen molar-refractivity contribution >= 4 is 21.8 Å². The molecule has 1 aromatic rings. The highest BCUT2D eigenvalue weighted by molar-refractivity contribution is 7.88. The molecule has 1 aromatic carbocycles. The molecule has 27 heavy (non-hydrogen) atoms. The highest BCUT2D eigenvalue weighted by Gasteiger charge is 2.45. The lowest BCUT2D eigenvalue weighted by Crippen LogP contribution is -2.62. The molecule has 0 bridgehead atoms. The van der Waals surface area contributed by atoms with Gasteiger partial charge in [0.15, 0.2) is 0 Å². The summed E-state index contributed by atoms with van der Waals surface area (Å²) in [7, 11) is -3.32. The second kappa shape index (κ2) is 7.95. The van der Waals surface area contributed by atoms with Crippen LogP contribution in [0.1, 0.15) is 18.9 Å². The Hall–Kier alpha value is -1.97. The van der Waals surface area contributed by atoms with Gasteiger partial charge in [-0.3, -0.25) is 14.5 Å². The van der Waals surface area contributed by atoms with Gasteiger partial charge in [0.2, 0.25) is 21.8 Å². The van der Waals surface area contributed by atoms with Crippen LogP contribution < -0.4 is 10.0 Å². The zero-order chi connectivity index (χ0) is 19.6. The van der Waals surface area contributed by atoms with E-state index in [1.54, 1.807) is 4.90 Å². The van der Waals surface area contributed by atoms with Crippen LogP contribution in [0.2, 0.25) is 0 Å². The fraction of sp³-hybridized carbons (Fsp3) is 0.556. The maximum atomic E-state index is 13.1. The zero-order valence-corrected chi connectivity index (χ0v) is 16.4. The normalized spacial score (nSPS) is 26.1. The first-order valence-electron chi connectivity index (χ1n) is 9.03. The molecule has 3 atom stereocenters. The van der Waals surface area contributed by atoms with Gasteiger partial charge in [0, 0.05) is 45.2 Å². The number of fused-ring (bicyclic) bond motifs is 1. The van der Waals surface area contributed by atoms with Crippen molar-refractivity contribution in [3.63, 3.8) is 0 Å². The molecule has 0 saturated carbocycles. The molecule has 0 unspecified atom stereocenters. The summed E-state index contributed by atoms with van der Waals surface area (Å²) in [5.74, 6) is -0.239. The standard InChI is InChI=1S/C18H26N4O4S/c1-13(23)19-9-17-18(24)22-11-15(20-27(2,25)26)8-16(22)12-21(17)10-14-6-4-3-5-7-14/h3-7,15-17,20H,8-12H2,1-2H3,(H,19,23)/t15-,16-,17-/m0/s1. The molecule has 0 aromatic heterocycles. The van der Waals surface area contributed by atoms with Gasteiger partial charge < -0.3 is 10.2 Å². The van der Waals surface area contributed by atoms with E-state index in [-0.39, 0.29) is 30.4 Å². The summed E-state index contributed by atoms with van der Waals surface area (Å²) in [6, 6.07) is 9.11. The van der Waals surface area contributed by atoms with E-state index in [0.29, 0.717) is 26.1 Å². The van der Waals surface area contributed by atoms with Crippen LogP contribution in [0.3, 0.4) is 0 Å². The van der Waals surface area contributed by atoms with Crippen molar-refractivity contribution in [2.24, 2.45) is 0 Å². The van der Waals surface area contributed by atoms with Crippen LogP contribution in [0.25, 0.3) is 0 Å². The number of benzene rings is 1. The summed E-state index contributed by atoms with van der Waals surface area (Å²) in [4.78, 5) is 28.3. The Morgan fingerprint density at radius 3 is 2.56 bits per heavy atom. The average molecular weight is 394 g/mol. The third-order valence-electron chi connectivity index (χ3n) is 5.02. The fourth-order valence-corrected chi connectivity index (χ4v) is 4.72. The summed E-state index contributed by atoms with van der Waals surface area (Å²) < 4.78 is 25.7. The lowest BCUT2D eigenvalue weighted by atomic mass is 10.0. The first kappa shape index (κ1) is 19.8. The van der Waals surface area contributed by atoms with Gasteiger partial charge >= 0.3 is 0 Å². The van der Waals surface area contributed by atoms with Crippen molar-refractivity contribution in [3.05, 3.63) is 35.9 Å². The van der Waals surface area contributed by atoms with Crippen LogP contribution >= 0.6 is 0 Å². The quantitative estimate of drug-likeness (QED) is 0.679. The largest absolute Gasteiger partial charge is 0.354 e. The molecule has 9 heteroatoms. The lowest BCUT2D eigenvalue weighted by Gasteiger charge is -2.42. The van der Waals surface area contributed by atoms with E-state index in [1.165, 1.54) is 6.92 Å². The van der Waals surface area contributed by atoms with E-state index < -0.39 is 16.1 Å². The van der Waals surface area contributed by atoms with E-state index in [2.05, 4.69) is 14.9 Å². The summed E-state index contributed by atoms with van der Waals surface area (Å²) in [6.45, 7) is 3.29. The summed E-state index contributed by atoms with van der Waals surface area (Å²) >= 11 is 0. The highest BCUT2D eigenvalue weighted by atomic mass is 32.2. The average Bonchev–Trinajstić information content (AvgIpc) is 2.96. The van der Waals surface area contributed by atoms with Crippen molar-refractivity contribution in [3.8, 4) is 0 Å². The third-order valence-corrected chi connectivity index (χ3v) is 5.78. The predicted octanol–water partition coefficient (Wildman–Crippen LogP) is -0.474. The highest BCUT2D eigenvalue weighted by Crippen LogP contribution is 2.27. The Balaban J connectivity index is 1.77. The summed E-state index contributed by atoms with van der Waals surface area (Å²) in [5, 5.41) is 2.75. The second-order valence-corrected chi connectivity index (χ2v) is 9.12. The van der Waals surface area contributed by atoms with Crippen LogP contribution in [0, 0.1) is 0 Å². The Morgan fingerprint density at radius 2 is 1.93 bits per heavy atom. The molecule has 148 valence electrons. The zero-order valence-electron chi connectivity index (χ0n) is 15.6. The number of hydrogen-bond acceptors (Lipinski definition) is 5. The van der Waals surface area contributed by atoms with Crippen molar-refractivity contribution in [1.29, 1.82) is 0 Å². The number of hydrogen-bond donors (Lipinski definition) is 2. The molecule has 2 amide bonds. The van der Waals surface area contributed by atoms with Gasteiger partial charge in [0.25, 0.3) is 0 Å². The fourth-order valence-electron chi connectivity index (χ4n) is 3.94. The Labute approximate surface area is 160 Å². The first-order chi connectivity index (χ1) is 12.7. The number of sulfonamides is 1. The van der Waals surface area contributed by atoms with Crippen LogP contribution in [0.15, 0.2) is 30.3 Å². The van der Waals surface area contributed by atoms with Gasteiger partial charge in [-0.1, -0.05) is 30.3 Å². The molecular formula is C18H26N4O4S. The van der Waals surface area contributed by atoms with Crippen LogP contribution in [0.5, 0.6) is 0 Å². The van der Waals surface area contributed by atoms with E-state index >= 15 is 0 Å². The van der Waals surface area contributed by atoms with Gasteiger partial charge in [-0.25, -0.2) is 13.1 Å². The van der Waals surface area contributed by atoms with Gasteiger partial charge in [-0.05, 0) is 12.0 Å². The number of carbonyl (C=O) groups excluding carboxylic acids is 2. The SMILES string of the molecule is CC(=O)NC[C@H]1C(=O)N2C[C@@H](NS(C)(=O)=O)C[C@H]2CN1Cc1ccccc1. The molecule has 0 spiro atoms. The van der Waals surface area contributed by atoms with E-state index in [9.17, 15) is 18.0 Å². The van der Waals surface area contributed by atoms with Crippen LogP contribution in [-0.4, -0.2) is 74.0 Å². The molecule has 2 saturated heterocycles. The minimum atomic E-state index is -3.32. The topological polar surface area (TPSA) is 98.8 Å². The van der Waals surface area contributed by atoms with Crippen molar-refractivity contribution in [1.82, 2.24) is 19.8 Å². The molecule has 3 rings (SSSR count). The van der Waals surface area contributed by atoms with Gasteiger partial charge in [0.05, 0.1) is 6.26 Å². The molecule has 2 N–H and O–H groups in total. The minimum Gasteiger partial charge on any atom is -0.354 e. The van der Waals surface area contributed by atoms with Crippen LogP contribution in [-0.2, 0) is 26.2 Å². The minimum absolute atomic E-state index is 0.0333. The number of piperazine rings is 1. The molecule has 2 fully saturated rings. The first-order valence-corrected chi connectivity index (χ1v) is 10.9. The third kappa shape index (κ3) is 5.06. The van der Waals surface area contributed by atoms with Gasteiger partial charge in [-0.2, -0.15) is 0 Å². The molecule has 2 heterocycles. The van der Waals surface area contributed by atoms with Crippen LogP contribution in [0.4, 0.5) is 0 Å². The van der Waals surface area contributed by atoms with Crippen molar-refractivity contribution < 1.29 is 18.0 Å². The predicted molar refractivity (Wildman–Crippen MR) is 101 cm³/mol. The summed E-state index contributed by atoms with van der Waals surface area (Å²) in [5.41, 5.74) is 1.09. The Morgan fingerprint density at radius 1 is 1.22 bits per heavy atom. The maximum Gasteiger partial charge on any atom is 0.242 e. The van der Waals surface area contributed by atoms with E-state index in [0.717, 1.165) is 11.8 Å². The maximum absolute atomic E-state index is 13.1. The summed E-state index contributed by atoms with van der Waals surface area (Å²) in [6.07, 6.45) is 1.73. The Kier molecular flexibility index (Phi) is 5.83. The van der Waals surface area contributed by atoms with E-state index in [1.807, 2.05) is 30.3 Å².